The van der Waals surface area contributed by atoms with E-state index in [2.05, 4.69) is 15.0 Å². The molecule has 1 saturated carbocycles. The van der Waals surface area contributed by atoms with Gasteiger partial charge in [0.2, 0.25) is 5.28 Å². The lowest BCUT2D eigenvalue weighted by Crippen LogP contribution is -2.51. The molecule has 0 unspecified atom stereocenters. The van der Waals surface area contributed by atoms with E-state index in [1.165, 1.54) is 10.9 Å². The van der Waals surface area contributed by atoms with Gasteiger partial charge in [-0.3, -0.25) is 4.57 Å². The van der Waals surface area contributed by atoms with Crippen LogP contribution in [0.2, 0.25) is 5.28 Å². The van der Waals surface area contributed by atoms with Gasteiger partial charge in [-0.05, 0) is 17.5 Å². The van der Waals surface area contributed by atoms with Crippen molar-refractivity contribution in [2.75, 3.05) is 12.3 Å². The lowest BCUT2D eigenvalue weighted by molar-refractivity contribution is -0.191. The highest BCUT2D eigenvalue weighted by Gasteiger charge is 2.53. The van der Waals surface area contributed by atoms with Crippen LogP contribution in [0.4, 0.5) is 5.82 Å². The number of imidazole rings is 1. The molecule has 0 spiro atoms. The summed E-state index contributed by atoms with van der Waals surface area (Å²) in [5.74, 6) is -3.33. The lowest BCUT2D eigenvalue weighted by atomic mass is 9.96. The number of halogens is 1. The van der Waals surface area contributed by atoms with Gasteiger partial charge in [0.25, 0.3) is 5.60 Å². The summed E-state index contributed by atoms with van der Waals surface area (Å²) in [4.78, 5) is 35.3. The number of carboxylic acids is 2. The Morgan fingerprint density at radius 1 is 1.26 bits per heavy atom. The summed E-state index contributed by atoms with van der Waals surface area (Å²) in [6, 6.07) is 0. The van der Waals surface area contributed by atoms with Gasteiger partial charge in [-0.15, -0.1) is 0 Å². The highest BCUT2D eigenvalue weighted by atomic mass is 35.5. The molecule has 1 aliphatic carbocycles. The summed E-state index contributed by atoms with van der Waals surface area (Å²) in [5.41, 5.74) is 3.64. The van der Waals surface area contributed by atoms with Crippen LogP contribution in [-0.2, 0) is 19.1 Å². The number of nitrogens with zero attached hydrogens (tertiary/aromatic N) is 4. The quantitative estimate of drug-likeness (QED) is 0.249. The molecule has 2 aliphatic rings. The van der Waals surface area contributed by atoms with Crippen molar-refractivity contribution in [1.29, 1.82) is 0 Å². The fourth-order valence-electron chi connectivity index (χ4n) is 3.60. The number of fused-ring (bicyclic) bond motifs is 1. The average Bonchev–Trinajstić information content (AvgIpc) is 3.35. The molecule has 0 aromatic carbocycles. The Morgan fingerprint density at radius 3 is 2.55 bits per heavy atom. The minimum absolute atomic E-state index is 0.00874. The van der Waals surface area contributed by atoms with E-state index in [1.807, 2.05) is 0 Å². The zero-order valence-corrected chi connectivity index (χ0v) is 16.7. The van der Waals surface area contributed by atoms with Crippen LogP contribution in [0, 0.1) is 5.92 Å². The topological polar surface area (TPSA) is 203 Å². The number of aliphatic hydroxyl groups excluding tert-OH is 2. The van der Waals surface area contributed by atoms with Crippen LogP contribution in [0.3, 0.4) is 0 Å². The van der Waals surface area contributed by atoms with Crippen molar-refractivity contribution in [1.82, 2.24) is 19.5 Å². The van der Waals surface area contributed by atoms with E-state index < -0.39 is 48.7 Å². The molecule has 1 aliphatic heterocycles. The Bertz CT molecular complexity index is 1010. The zero-order valence-electron chi connectivity index (χ0n) is 16.0. The third-order valence-corrected chi connectivity index (χ3v) is 5.66. The summed E-state index contributed by atoms with van der Waals surface area (Å²) in [7, 11) is 0. The molecule has 14 heteroatoms. The van der Waals surface area contributed by atoms with Gasteiger partial charge in [0.1, 0.15) is 23.8 Å². The molecule has 6 N–H and O–H groups in total. The maximum Gasteiger partial charge on any atom is 0.347 e. The van der Waals surface area contributed by atoms with E-state index in [1.54, 1.807) is 0 Å². The Labute approximate surface area is 179 Å². The molecule has 13 nitrogen and oxygen atoms in total. The molecule has 168 valence electrons. The van der Waals surface area contributed by atoms with Crippen LogP contribution >= 0.6 is 11.6 Å². The molecular weight excluding hydrogens is 438 g/mol. The van der Waals surface area contributed by atoms with Crippen molar-refractivity contribution in [2.24, 2.45) is 5.92 Å². The summed E-state index contributed by atoms with van der Waals surface area (Å²) >= 11 is 5.83. The highest BCUT2D eigenvalue weighted by Crippen LogP contribution is 2.39. The second-order valence-corrected chi connectivity index (χ2v) is 7.98. The van der Waals surface area contributed by atoms with Gasteiger partial charge in [-0.2, -0.15) is 9.97 Å². The first kappa shape index (κ1) is 21.6. The zero-order chi connectivity index (χ0) is 22.5. The molecule has 4 rings (SSSR count). The Balaban J connectivity index is 1.55. The molecule has 2 fully saturated rings. The standard InChI is InChI=1S/C17H20ClN5O8/c18-16-21-11(19)8-12(22-16)23(5-20-8)13-10(25)9(24)7(31-13)4-30-17(14(26)27,15(28)29)3-6-1-2-6/h5-7,9-10,13,24-25H,1-4H2,(H,26,27)(H,28,29)(H2,19,21,22)/t7-,9-,10-,13-/m1/s1. The normalized spacial score (nSPS) is 26.4. The van der Waals surface area contributed by atoms with E-state index in [9.17, 15) is 30.0 Å². The maximum absolute atomic E-state index is 11.7. The predicted molar refractivity (Wildman–Crippen MR) is 102 cm³/mol. The number of aliphatic carboxylic acids is 2. The van der Waals surface area contributed by atoms with Crippen molar-refractivity contribution >= 4 is 40.5 Å². The van der Waals surface area contributed by atoms with Crippen molar-refractivity contribution < 1.29 is 39.5 Å². The number of anilines is 1. The molecule has 0 radical (unpaired) electrons. The van der Waals surface area contributed by atoms with Crippen LogP contribution in [0.25, 0.3) is 11.2 Å². The number of nitrogens with two attached hydrogens (primary N) is 1. The number of hydrogen-bond donors (Lipinski definition) is 5. The number of ether oxygens (including phenoxy) is 2. The first-order chi connectivity index (χ1) is 14.6. The van der Waals surface area contributed by atoms with Gasteiger partial charge in [-0.1, -0.05) is 12.8 Å². The number of carbonyl (C=O) groups is 2. The highest BCUT2D eigenvalue weighted by molar-refractivity contribution is 6.28. The molecule has 31 heavy (non-hydrogen) atoms. The number of carboxylic acid groups (broad SMARTS) is 2. The second kappa shape index (κ2) is 7.84. The van der Waals surface area contributed by atoms with Crippen LogP contribution in [0.5, 0.6) is 0 Å². The molecule has 2 aromatic rings. The van der Waals surface area contributed by atoms with Crippen molar-refractivity contribution in [3.63, 3.8) is 0 Å². The van der Waals surface area contributed by atoms with E-state index in [4.69, 9.17) is 26.8 Å². The Hall–Kier alpha value is -2.58. The van der Waals surface area contributed by atoms with Gasteiger partial charge in [-0.25, -0.2) is 14.6 Å². The third kappa shape index (κ3) is 3.78. The summed E-state index contributed by atoms with van der Waals surface area (Å²) in [6.07, 6.45) is -2.88. The third-order valence-electron chi connectivity index (χ3n) is 5.49. The molecule has 3 heterocycles. The number of aliphatic hydroxyl groups is 2. The summed E-state index contributed by atoms with van der Waals surface area (Å²) < 4.78 is 12.3. The van der Waals surface area contributed by atoms with Gasteiger partial charge in [0.05, 0.1) is 12.9 Å². The smallest absolute Gasteiger partial charge is 0.347 e. The minimum atomic E-state index is -2.47. The fourth-order valence-corrected chi connectivity index (χ4v) is 3.77. The average molecular weight is 458 g/mol. The monoisotopic (exact) mass is 457 g/mol. The van der Waals surface area contributed by atoms with Gasteiger partial charge < -0.3 is 35.6 Å². The summed E-state index contributed by atoms with van der Waals surface area (Å²) in [5, 5.41) is 39.8. The van der Waals surface area contributed by atoms with E-state index in [-0.39, 0.29) is 34.6 Å². The van der Waals surface area contributed by atoms with Crippen LogP contribution < -0.4 is 5.73 Å². The van der Waals surface area contributed by atoms with Crippen molar-refractivity contribution in [2.45, 2.75) is 49.4 Å². The van der Waals surface area contributed by atoms with E-state index in [0.717, 1.165) is 12.8 Å². The largest absolute Gasteiger partial charge is 0.479 e. The summed E-state index contributed by atoms with van der Waals surface area (Å²) in [6.45, 7) is -0.579. The molecule has 2 aromatic heterocycles. The molecule has 4 atom stereocenters. The lowest BCUT2D eigenvalue weighted by Gasteiger charge is -2.27. The van der Waals surface area contributed by atoms with E-state index in [0.29, 0.717) is 0 Å². The first-order valence-corrected chi connectivity index (χ1v) is 9.79. The van der Waals surface area contributed by atoms with Gasteiger partial charge in [0, 0.05) is 6.42 Å². The first-order valence-electron chi connectivity index (χ1n) is 9.42. The van der Waals surface area contributed by atoms with Crippen LogP contribution in [-0.4, -0.2) is 82.4 Å². The van der Waals surface area contributed by atoms with Gasteiger partial charge >= 0.3 is 11.9 Å². The second-order valence-electron chi connectivity index (χ2n) is 7.64. The predicted octanol–water partition coefficient (Wildman–Crippen LogP) is -0.594. The van der Waals surface area contributed by atoms with Crippen LogP contribution in [0.15, 0.2) is 6.33 Å². The SMILES string of the molecule is Nc1nc(Cl)nc2c1ncn2[C@@H]1O[C@H](COC(CC2CC2)(C(=O)O)C(=O)O)[C@@H](O)[C@H]1O. The van der Waals surface area contributed by atoms with Crippen LogP contribution in [0.1, 0.15) is 25.5 Å². The van der Waals surface area contributed by atoms with E-state index >= 15 is 0 Å². The number of rotatable bonds is 8. The Kier molecular flexibility index (Phi) is 5.47. The molecule has 0 bridgehead atoms. The Morgan fingerprint density at radius 2 is 1.94 bits per heavy atom. The number of aromatic nitrogens is 4. The minimum Gasteiger partial charge on any atom is -0.479 e. The number of nitrogen functional groups attached to an aromatic ring is 1. The van der Waals surface area contributed by atoms with Crippen molar-refractivity contribution in [3.05, 3.63) is 11.6 Å². The maximum atomic E-state index is 11.7. The van der Waals surface area contributed by atoms with Crippen molar-refractivity contribution in [3.8, 4) is 0 Å². The number of hydrogen-bond acceptors (Lipinski definition) is 10. The molecule has 1 saturated heterocycles. The molecule has 0 amide bonds. The fraction of sp³-hybridized carbons (Fsp3) is 0.588. The van der Waals surface area contributed by atoms with Gasteiger partial charge in [0.15, 0.2) is 17.7 Å². The molecular formula is C17H20ClN5O8.